The van der Waals surface area contributed by atoms with Gasteiger partial charge >= 0.3 is 5.97 Å². The monoisotopic (exact) mass is 434 g/mol. The summed E-state index contributed by atoms with van der Waals surface area (Å²) in [5.41, 5.74) is 2.00. The van der Waals surface area contributed by atoms with Crippen LogP contribution in [0.15, 0.2) is 72.8 Å². The van der Waals surface area contributed by atoms with Crippen LogP contribution in [0.25, 0.3) is 0 Å². The first kappa shape index (κ1) is 23.2. The fourth-order valence-corrected chi connectivity index (χ4v) is 3.26. The van der Waals surface area contributed by atoms with Gasteiger partial charge in [0.1, 0.15) is 23.0 Å². The van der Waals surface area contributed by atoms with Crippen LogP contribution in [0.2, 0.25) is 0 Å². The number of carbonyl (C=O) groups is 1. The lowest BCUT2D eigenvalue weighted by atomic mass is 10.1. The zero-order valence-corrected chi connectivity index (χ0v) is 18.7. The number of aryl methyl sites for hydroxylation is 1. The van der Waals surface area contributed by atoms with Crippen molar-refractivity contribution in [2.75, 3.05) is 20.3 Å². The molecule has 168 valence electrons. The largest absolute Gasteiger partial charge is 0.493 e. The summed E-state index contributed by atoms with van der Waals surface area (Å²) in [4.78, 5) is 11.4. The van der Waals surface area contributed by atoms with Gasteiger partial charge in [-0.2, -0.15) is 0 Å². The minimum absolute atomic E-state index is 0.237. The summed E-state index contributed by atoms with van der Waals surface area (Å²) >= 11 is 0. The Kier molecular flexibility index (Phi) is 8.99. The van der Waals surface area contributed by atoms with E-state index >= 15 is 0 Å². The Balaban J connectivity index is 1.49. The van der Waals surface area contributed by atoms with Crippen LogP contribution in [-0.4, -0.2) is 26.3 Å². The second-order valence-electron chi connectivity index (χ2n) is 7.39. The zero-order valence-electron chi connectivity index (χ0n) is 18.7. The van der Waals surface area contributed by atoms with Crippen molar-refractivity contribution in [2.45, 2.75) is 32.6 Å². The highest BCUT2D eigenvalue weighted by atomic mass is 16.5. The highest BCUT2D eigenvalue weighted by Crippen LogP contribution is 2.29. The second kappa shape index (κ2) is 12.4. The first-order valence-corrected chi connectivity index (χ1v) is 10.9. The van der Waals surface area contributed by atoms with Crippen LogP contribution < -0.4 is 14.2 Å². The predicted molar refractivity (Wildman–Crippen MR) is 125 cm³/mol. The summed E-state index contributed by atoms with van der Waals surface area (Å²) in [7, 11) is 1.39. The Morgan fingerprint density at radius 2 is 1.59 bits per heavy atom. The normalized spacial score (nSPS) is 10.4. The standard InChI is InChI=1S/C27H30O5/c1-3-9-22-20-25(32-23-11-5-4-6-12-23)14-15-26(22)31-17-8-16-30-24-13-7-10-21(18-24)19-27(28)29-2/h4-7,10-15,18,20H,3,8-9,16-17,19H2,1-2H3. The van der Waals surface area contributed by atoms with E-state index < -0.39 is 0 Å². The average Bonchev–Trinajstić information content (AvgIpc) is 2.81. The lowest BCUT2D eigenvalue weighted by Gasteiger charge is -2.14. The number of hydrogen-bond acceptors (Lipinski definition) is 5. The molecule has 0 N–H and O–H groups in total. The van der Waals surface area contributed by atoms with Gasteiger partial charge in [-0.15, -0.1) is 0 Å². The van der Waals surface area contributed by atoms with Crippen molar-refractivity contribution in [2.24, 2.45) is 0 Å². The van der Waals surface area contributed by atoms with Gasteiger partial charge in [0.05, 0.1) is 26.7 Å². The van der Waals surface area contributed by atoms with E-state index in [0.717, 1.165) is 53.4 Å². The van der Waals surface area contributed by atoms with Crippen molar-refractivity contribution in [3.05, 3.63) is 83.9 Å². The molecule has 0 heterocycles. The van der Waals surface area contributed by atoms with Crippen LogP contribution >= 0.6 is 0 Å². The number of hydrogen-bond donors (Lipinski definition) is 0. The molecule has 0 spiro atoms. The zero-order chi connectivity index (χ0) is 22.6. The first-order valence-electron chi connectivity index (χ1n) is 10.9. The summed E-state index contributed by atoms with van der Waals surface area (Å²) in [6.07, 6.45) is 2.93. The molecule has 5 nitrogen and oxygen atoms in total. The number of carbonyl (C=O) groups excluding carboxylic acids is 1. The molecule has 0 bridgehead atoms. The fourth-order valence-electron chi connectivity index (χ4n) is 3.26. The summed E-state index contributed by atoms with van der Waals surface area (Å²) in [6.45, 7) is 3.23. The molecule has 32 heavy (non-hydrogen) atoms. The quantitative estimate of drug-likeness (QED) is 0.259. The first-order chi connectivity index (χ1) is 15.7. The van der Waals surface area contributed by atoms with E-state index in [4.69, 9.17) is 18.9 Å². The summed E-state index contributed by atoms with van der Waals surface area (Å²) in [5.74, 6) is 2.98. The van der Waals surface area contributed by atoms with Gasteiger partial charge in [0.15, 0.2) is 0 Å². The van der Waals surface area contributed by atoms with E-state index in [1.54, 1.807) is 0 Å². The molecule has 3 aromatic rings. The fraction of sp³-hybridized carbons (Fsp3) is 0.296. The molecule has 0 aromatic heterocycles. The topological polar surface area (TPSA) is 54.0 Å². The molecule has 3 rings (SSSR count). The van der Waals surface area contributed by atoms with Crippen molar-refractivity contribution in [1.82, 2.24) is 0 Å². The maximum Gasteiger partial charge on any atom is 0.309 e. The molecule has 0 saturated carbocycles. The molecule has 0 unspecified atom stereocenters. The van der Waals surface area contributed by atoms with Crippen LogP contribution in [-0.2, 0) is 22.4 Å². The van der Waals surface area contributed by atoms with Gasteiger partial charge in [-0.1, -0.05) is 43.7 Å². The third-order valence-electron chi connectivity index (χ3n) is 4.82. The van der Waals surface area contributed by atoms with E-state index in [0.29, 0.717) is 13.2 Å². The maximum atomic E-state index is 11.4. The maximum absolute atomic E-state index is 11.4. The van der Waals surface area contributed by atoms with Gasteiger partial charge in [0.2, 0.25) is 0 Å². The number of ether oxygens (including phenoxy) is 4. The molecule has 0 aliphatic rings. The van der Waals surface area contributed by atoms with E-state index in [2.05, 4.69) is 13.0 Å². The van der Waals surface area contributed by atoms with Crippen molar-refractivity contribution >= 4 is 5.97 Å². The Labute approximate surface area is 189 Å². The van der Waals surface area contributed by atoms with Crippen molar-refractivity contribution in [3.63, 3.8) is 0 Å². The van der Waals surface area contributed by atoms with Crippen molar-refractivity contribution in [1.29, 1.82) is 0 Å². The second-order valence-corrected chi connectivity index (χ2v) is 7.39. The molecule has 0 radical (unpaired) electrons. The highest BCUT2D eigenvalue weighted by molar-refractivity contribution is 5.72. The minimum atomic E-state index is -0.265. The average molecular weight is 435 g/mol. The molecule has 3 aromatic carbocycles. The third-order valence-corrected chi connectivity index (χ3v) is 4.82. The number of para-hydroxylation sites is 1. The SMILES string of the molecule is CCCc1cc(Oc2ccccc2)ccc1OCCCOc1cccc(CC(=O)OC)c1. The smallest absolute Gasteiger partial charge is 0.309 e. The van der Waals surface area contributed by atoms with Gasteiger partial charge < -0.3 is 18.9 Å². The van der Waals surface area contributed by atoms with Crippen molar-refractivity contribution in [3.8, 4) is 23.0 Å². The van der Waals surface area contributed by atoms with E-state index in [-0.39, 0.29) is 12.4 Å². The predicted octanol–water partition coefficient (Wildman–Crippen LogP) is 5.99. The van der Waals surface area contributed by atoms with Crippen LogP contribution in [0.5, 0.6) is 23.0 Å². The van der Waals surface area contributed by atoms with Gasteiger partial charge in [-0.05, 0) is 60.0 Å². The number of benzene rings is 3. The van der Waals surface area contributed by atoms with E-state index in [1.807, 2.05) is 66.7 Å². The molecule has 5 heteroatoms. The number of esters is 1. The molecular weight excluding hydrogens is 404 g/mol. The molecule has 0 amide bonds. The molecular formula is C27H30O5. The van der Waals surface area contributed by atoms with E-state index in [9.17, 15) is 4.79 Å². The number of methoxy groups -OCH3 is 1. The summed E-state index contributed by atoms with van der Waals surface area (Å²) in [6, 6.07) is 23.2. The molecule has 0 saturated heterocycles. The summed E-state index contributed by atoms with van der Waals surface area (Å²) < 4.78 is 22.5. The Morgan fingerprint density at radius 1 is 0.812 bits per heavy atom. The Morgan fingerprint density at radius 3 is 2.38 bits per heavy atom. The molecule has 0 aliphatic carbocycles. The van der Waals surface area contributed by atoms with Gasteiger partial charge in [0, 0.05) is 6.42 Å². The van der Waals surface area contributed by atoms with Gasteiger partial charge in [-0.3, -0.25) is 4.79 Å². The van der Waals surface area contributed by atoms with Gasteiger partial charge in [-0.25, -0.2) is 0 Å². The van der Waals surface area contributed by atoms with Crippen LogP contribution in [0.1, 0.15) is 30.9 Å². The van der Waals surface area contributed by atoms with Crippen molar-refractivity contribution < 1.29 is 23.7 Å². The molecule has 0 aliphatic heterocycles. The lowest BCUT2D eigenvalue weighted by Crippen LogP contribution is -2.07. The highest BCUT2D eigenvalue weighted by Gasteiger charge is 2.07. The van der Waals surface area contributed by atoms with E-state index in [1.165, 1.54) is 7.11 Å². The summed E-state index contributed by atoms with van der Waals surface area (Å²) in [5, 5.41) is 0. The molecule has 0 atom stereocenters. The Bertz CT molecular complexity index is 984. The Hall–Kier alpha value is -3.47. The van der Waals surface area contributed by atoms with Crippen LogP contribution in [0.4, 0.5) is 0 Å². The van der Waals surface area contributed by atoms with Gasteiger partial charge in [0.25, 0.3) is 0 Å². The molecule has 0 fully saturated rings. The third kappa shape index (κ3) is 7.34. The minimum Gasteiger partial charge on any atom is -0.493 e. The van der Waals surface area contributed by atoms with Crippen LogP contribution in [0.3, 0.4) is 0 Å². The number of rotatable bonds is 12. The lowest BCUT2D eigenvalue weighted by molar-refractivity contribution is -0.139. The van der Waals surface area contributed by atoms with Crippen LogP contribution in [0, 0.1) is 0 Å².